The SMILES string of the molecule is O=C(O)c1[nH]nnc1Oc1cnc(C#CC2CC2)c(C(F)(F)F)c1. The number of rotatable bonds is 3. The molecule has 24 heavy (non-hydrogen) atoms. The van der Waals surface area contributed by atoms with Crippen LogP contribution in [0.3, 0.4) is 0 Å². The van der Waals surface area contributed by atoms with Crippen LogP contribution in [0.4, 0.5) is 13.2 Å². The number of nitrogens with one attached hydrogen (secondary N) is 1. The summed E-state index contributed by atoms with van der Waals surface area (Å²) in [5, 5.41) is 17.6. The minimum atomic E-state index is -4.68. The first-order valence-corrected chi connectivity index (χ1v) is 6.75. The lowest BCUT2D eigenvalue weighted by Crippen LogP contribution is -2.10. The predicted molar refractivity (Wildman–Crippen MR) is 72.3 cm³/mol. The van der Waals surface area contributed by atoms with Gasteiger partial charge in [-0.25, -0.2) is 14.9 Å². The molecule has 0 aliphatic heterocycles. The second kappa shape index (κ2) is 5.84. The summed E-state index contributed by atoms with van der Waals surface area (Å²) in [7, 11) is 0. The quantitative estimate of drug-likeness (QED) is 0.834. The summed E-state index contributed by atoms with van der Waals surface area (Å²) in [5.41, 5.74) is -1.95. The molecule has 0 radical (unpaired) electrons. The second-order valence-corrected chi connectivity index (χ2v) is 5.01. The summed E-state index contributed by atoms with van der Waals surface area (Å²) in [6.07, 6.45) is -1.91. The molecule has 0 unspecified atom stereocenters. The van der Waals surface area contributed by atoms with E-state index in [0.717, 1.165) is 19.0 Å². The first kappa shape index (κ1) is 15.8. The monoisotopic (exact) mass is 338 g/mol. The summed E-state index contributed by atoms with van der Waals surface area (Å²) >= 11 is 0. The molecule has 2 N–H and O–H groups in total. The highest BCUT2D eigenvalue weighted by Gasteiger charge is 2.35. The van der Waals surface area contributed by atoms with Gasteiger partial charge in [0.25, 0.3) is 5.88 Å². The van der Waals surface area contributed by atoms with Crippen LogP contribution in [0.5, 0.6) is 11.6 Å². The Bertz CT molecular complexity index is 847. The highest BCUT2D eigenvalue weighted by Crippen LogP contribution is 2.34. The van der Waals surface area contributed by atoms with Crippen LogP contribution in [0.15, 0.2) is 12.3 Å². The average molecular weight is 338 g/mol. The minimum absolute atomic E-state index is 0.122. The first-order chi connectivity index (χ1) is 11.3. The number of aromatic amines is 1. The Balaban J connectivity index is 1.93. The van der Waals surface area contributed by atoms with E-state index in [1.807, 2.05) is 0 Å². The number of hydrogen-bond donors (Lipinski definition) is 2. The van der Waals surface area contributed by atoms with Gasteiger partial charge >= 0.3 is 12.1 Å². The van der Waals surface area contributed by atoms with Crippen LogP contribution in [0.25, 0.3) is 0 Å². The van der Waals surface area contributed by atoms with Gasteiger partial charge in [-0.05, 0) is 24.8 Å². The smallest absolute Gasteiger partial charge is 0.419 e. The zero-order valence-electron chi connectivity index (χ0n) is 11.9. The van der Waals surface area contributed by atoms with Gasteiger partial charge in [0.1, 0.15) is 11.4 Å². The lowest BCUT2D eigenvalue weighted by molar-refractivity contribution is -0.138. The molecular weight excluding hydrogens is 329 g/mol. The predicted octanol–water partition coefficient (Wildman–Crippen LogP) is 2.47. The number of hydrogen-bond acceptors (Lipinski definition) is 5. The van der Waals surface area contributed by atoms with Gasteiger partial charge in [0.2, 0.25) is 5.69 Å². The zero-order chi connectivity index (χ0) is 17.3. The Morgan fingerprint density at radius 1 is 1.42 bits per heavy atom. The molecule has 2 aromatic heterocycles. The molecule has 10 heteroatoms. The number of nitrogens with zero attached hydrogens (tertiary/aromatic N) is 3. The van der Waals surface area contributed by atoms with Gasteiger partial charge in [-0.2, -0.15) is 13.2 Å². The van der Waals surface area contributed by atoms with Crippen LogP contribution in [-0.4, -0.2) is 31.5 Å². The largest absolute Gasteiger partial charge is 0.476 e. The summed E-state index contributed by atoms with van der Waals surface area (Å²) in [5.74, 6) is 3.07. The van der Waals surface area contributed by atoms with Crippen molar-refractivity contribution in [3.8, 4) is 23.5 Å². The number of carboxylic acids is 1. The Morgan fingerprint density at radius 2 is 2.17 bits per heavy atom. The van der Waals surface area contributed by atoms with E-state index in [-0.39, 0.29) is 11.7 Å². The number of alkyl halides is 3. The number of aromatic nitrogens is 4. The van der Waals surface area contributed by atoms with E-state index in [9.17, 15) is 18.0 Å². The maximum atomic E-state index is 13.2. The average Bonchev–Trinajstić information content (AvgIpc) is 3.22. The molecule has 0 saturated heterocycles. The molecule has 7 nitrogen and oxygen atoms in total. The van der Waals surface area contributed by atoms with Gasteiger partial charge in [0, 0.05) is 5.92 Å². The van der Waals surface area contributed by atoms with Crippen molar-refractivity contribution in [1.82, 2.24) is 20.4 Å². The van der Waals surface area contributed by atoms with E-state index < -0.39 is 35.0 Å². The van der Waals surface area contributed by atoms with E-state index in [2.05, 4.69) is 32.2 Å². The summed E-state index contributed by atoms with van der Waals surface area (Å²) in [6.45, 7) is 0. The maximum Gasteiger partial charge on any atom is 0.419 e. The molecule has 0 bridgehead atoms. The van der Waals surface area contributed by atoms with Gasteiger partial charge < -0.3 is 9.84 Å². The summed E-state index contributed by atoms with van der Waals surface area (Å²) in [4.78, 5) is 14.6. The molecule has 0 spiro atoms. The third-order valence-corrected chi connectivity index (χ3v) is 3.08. The van der Waals surface area contributed by atoms with Gasteiger partial charge in [0.15, 0.2) is 0 Å². The van der Waals surface area contributed by atoms with Crippen LogP contribution in [0, 0.1) is 17.8 Å². The van der Waals surface area contributed by atoms with E-state index >= 15 is 0 Å². The van der Waals surface area contributed by atoms with Crippen LogP contribution in [0.2, 0.25) is 0 Å². The van der Waals surface area contributed by atoms with E-state index in [4.69, 9.17) is 9.84 Å². The van der Waals surface area contributed by atoms with Crippen molar-refractivity contribution in [2.45, 2.75) is 19.0 Å². The molecule has 1 fully saturated rings. The van der Waals surface area contributed by atoms with Crippen molar-refractivity contribution in [2.24, 2.45) is 5.92 Å². The van der Waals surface area contributed by atoms with Crippen molar-refractivity contribution < 1.29 is 27.8 Å². The lowest BCUT2D eigenvalue weighted by atomic mass is 10.1. The fourth-order valence-corrected chi connectivity index (χ4v) is 1.76. The minimum Gasteiger partial charge on any atom is -0.476 e. The van der Waals surface area contributed by atoms with Crippen LogP contribution >= 0.6 is 0 Å². The van der Waals surface area contributed by atoms with Crippen LogP contribution in [0.1, 0.15) is 34.6 Å². The Morgan fingerprint density at radius 3 is 2.79 bits per heavy atom. The summed E-state index contributed by atoms with van der Waals surface area (Å²) < 4.78 is 44.5. The number of pyridine rings is 1. The van der Waals surface area contributed by atoms with Crippen molar-refractivity contribution in [2.75, 3.05) is 0 Å². The van der Waals surface area contributed by atoms with Crippen LogP contribution in [-0.2, 0) is 6.18 Å². The van der Waals surface area contributed by atoms with Gasteiger partial charge in [-0.3, -0.25) is 0 Å². The maximum absolute atomic E-state index is 13.2. The second-order valence-electron chi connectivity index (χ2n) is 5.01. The van der Waals surface area contributed by atoms with Gasteiger partial charge in [-0.15, -0.1) is 0 Å². The molecule has 1 aliphatic rings. The first-order valence-electron chi connectivity index (χ1n) is 6.75. The zero-order valence-corrected chi connectivity index (χ0v) is 11.9. The molecule has 2 heterocycles. The molecule has 3 rings (SSSR count). The highest BCUT2D eigenvalue weighted by atomic mass is 19.4. The third-order valence-electron chi connectivity index (χ3n) is 3.08. The number of carboxylic acid groups (broad SMARTS) is 1. The molecular formula is C14H9F3N4O3. The van der Waals surface area contributed by atoms with Crippen LogP contribution < -0.4 is 4.74 Å². The Labute approximate surface area is 132 Å². The molecule has 1 aliphatic carbocycles. The van der Waals surface area contributed by atoms with Gasteiger partial charge in [-0.1, -0.05) is 16.2 Å². The van der Waals surface area contributed by atoms with Crippen molar-refractivity contribution in [3.05, 3.63) is 29.2 Å². The number of carbonyl (C=O) groups is 1. The fourth-order valence-electron chi connectivity index (χ4n) is 1.76. The van der Waals surface area contributed by atoms with E-state index in [0.29, 0.717) is 6.07 Å². The lowest BCUT2D eigenvalue weighted by Gasteiger charge is -2.10. The molecule has 124 valence electrons. The van der Waals surface area contributed by atoms with Gasteiger partial charge in [0.05, 0.1) is 11.8 Å². The molecule has 2 aromatic rings. The Hall–Kier alpha value is -3.09. The van der Waals surface area contributed by atoms with Crippen molar-refractivity contribution in [1.29, 1.82) is 0 Å². The van der Waals surface area contributed by atoms with Crippen molar-refractivity contribution in [3.63, 3.8) is 0 Å². The molecule has 0 amide bonds. The third kappa shape index (κ3) is 3.45. The summed E-state index contributed by atoms with van der Waals surface area (Å²) in [6, 6.07) is 0.699. The standard InChI is InChI=1S/C14H9F3N4O3/c15-14(16,17)9-5-8(6-18-10(9)4-3-7-1-2-7)24-12-11(13(22)23)19-21-20-12/h5-7H,1-2H2,(H,22,23)(H,19,20,21). The number of halogens is 3. The number of ether oxygens (including phenoxy) is 1. The normalized spacial score (nSPS) is 14.0. The van der Waals surface area contributed by atoms with E-state index in [1.165, 1.54) is 0 Å². The van der Waals surface area contributed by atoms with E-state index in [1.54, 1.807) is 0 Å². The number of H-pyrrole nitrogens is 1. The molecule has 1 saturated carbocycles. The number of aromatic carboxylic acids is 1. The topological polar surface area (TPSA) is 101 Å². The molecule has 0 atom stereocenters. The fraction of sp³-hybridized carbons (Fsp3) is 0.286. The molecule has 0 aromatic carbocycles. The van der Waals surface area contributed by atoms with Crippen molar-refractivity contribution >= 4 is 5.97 Å². The Kier molecular flexibility index (Phi) is 3.84. The highest BCUT2D eigenvalue weighted by molar-refractivity contribution is 5.87.